The van der Waals surface area contributed by atoms with Crippen LogP contribution in [-0.4, -0.2) is 55.7 Å². The summed E-state index contributed by atoms with van der Waals surface area (Å²) >= 11 is 1.60. The highest BCUT2D eigenvalue weighted by Crippen LogP contribution is 2.46. The number of thiophene rings is 1. The van der Waals surface area contributed by atoms with E-state index in [-0.39, 0.29) is 18.5 Å². The van der Waals surface area contributed by atoms with Crippen molar-refractivity contribution in [3.63, 3.8) is 0 Å². The van der Waals surface area contributed by atoms with Gasteiger partial charge in [-0.2, -0.15) is 5.10 Å². The van der Waals surface area contributed by atoms with E-state index in [1.54, 1.807) is 17.4 Å². The number of nitrogens with zero attached hydrogens (tertiary/aromatic N) is 5. The lowest BCUT2D eigenvalue weighted by atomic mass is 9.93. The first-order valence-electron chi connectivity index (χ1n) is 16.0. The number of ether oxygens (including phenoxy) is 1. The largest absolute Gasteiger partial charge is 0.490 e. The van der Waals surface area contributed by atoms with Crippen molar-refractivity contribution in [1.82, 2.24) is 24.6 Å². The first kappa shape index (κ1) is 31.2. The van der Waals surface area contributed by atoms with Crippen LogP contribution in [0.15, 0.2) is 66.3 Å². The second-order valence-electron chi connectivity index (χ2n) is 12.8. The summed E-state index contributed by atoms with van der Waals surface area (Å²) in [5.74, 6) is -1.66. The van der Waals surface area contributed by atoms with Gasteiger partial charge in [-0.1, -0.05) is 18.7 Å². The minimum atomic E-state index is -0.981. The molecule has 5 heterocycles. The Morgan fingerprint density at radius 2 is 1.81 bits per heavy atom. The third kappa shape index (κ3) is 5.85. The average molecular weight is 654 g/mol. The number of fused-ring (bicyclic) bond motifs is 3. The van der Waals surface area contributed by atoms with Gasteiger partial charge in [-0.05, 0) is 81.0 Å². The second-order valence-corrected chi connectivity index (χ2v) is 13.7. The van der Waals surface area contributed by atoms with Crippen LogP contribution in [0, 0.1) is 5.82 Å². The molecule has 1 amide bonds. The summed E-state index contributed by atoms with van der Waals surface area (Å²) in [5, 5.41) is 8.01. The third-order valence-electron chi connectivity index (χ3n) is 9.00. The number of rotatable bonds is 7. The Morgan fingerprint density at radius 1 is 0.979 bits per heavy atom. The fourth-order valence-corrected chi connectivity index (χ4v) is 7.58. The van der Waals surface area contributed by atoms with Gasteiger partial charge < -0.3 is 9.64 Å². The van der Waals surface area contributed by atoms with Crippen molar-refractivity contribution in [1.29, 1.82) is 0 Å². The molecule has 10 heteroatoms. The molecule has 0 spiro atoms. The number of carbonyl (C=O) groups excluding carboxylic acids is 1. The van der Waals surface area contributed by atoms with Crippen LogP contribution in [0.25, 0.3) is 43.9 Å². The molecule has 0 saturated carbocycles. The summed E-state index contributed by atoms with van der Waals surface area (Å²) in [4.78, 5) is 21.7. The number of carbonyl (C=O) groups is 1. The normalized spacial score (nSPS) is 14.9. The number of aromatic nitrogens is 3. The Kier molecular flexibility index (Phi) is 8.18. The highest BCUT2D eigenvalue weighted by atomic mass is 32.1. The minimum absolute atomic E-state index is 0.180. The van der Waals surface area contributed by atoms with E-state index in [4.69, 9.17) is 14.8 Å². The summed E-state index contributed by atoms with van der Waals surface area (Å²) in [6.45, 7) is 14.4. The summed E-state index contributed by atoms with van der Waals surface area (Å²) < 4.78 is 37.4. The van der Waals surface area contributed by atoms with Gasteiger partial charge >= 0.3 is 0 Å². The third-order valence-corrected chi connectivity index (χ3v) is 9.93. The maximum Gasteiger partial charge on any atom is 0.282 e. The lowest BCUT2D eigenvalue weighted by Crippen LogP contribution is -2.38. The fraction of sp³-hybridized carbons (Fsp3) is 0.324. The van der Waals surface area contributed by atoms with Crippen molar-refractivity contribution < 1.29 is 18.3 Å². The average Bonchev–Trinajstić information content (AvgIpc) is 3.70. The molecule has 0 unspecified atom stereocenters. The molecule has 0 fully saturated rings. The Bertz CT molecular complexity index is 2030. The fourth-order valence-electron chi connectivity index (χ4n) is 6.62. The summed E-state index contributed by atoms with van der Waals surface area (Å²) in [6, 6.07) is 15.7. The van der Waals surface area contributed by atoms with Crippen molar-refractivity contribution in [2.24, 2.45) is 0 Å². The van der Waals surface area contributed by atoms with E-state index in [1.165, 1.54) is 28.2 Å². The molecule has 0 radical (unpaired) electrons. The predicted molar refractivity (Wildman–Crippen MR) is 182 cm³/mol. The quantitative estimate of drug-likeness (QED) is 0.167. The molecule has 0 N–H and O–H groups in total. The van der Waals surface area contributed by atoms with Crippen molar-refractivity contribution in [3.8, 4) is 39.5 Å². The van der Waals surface area contributed by atoms with Crippen LogP contribution in [0.1, 0.15) is 44.5 Å². The maximum atomic E-state index is 14.6. The zero-order valence-corrected chi connectivity index (χ0v) is 27.8. The van der Waals surface area contributed by atoms with Crippen LogP contribution < -0.4 is 4.74 Å². The van der Waals surface area contributed by atoms with Gasteiger partial charge in [-0.3, -0.25) is 14.4 Å². The lowest BCUT2D eigenvalue weighted by molar-refractivity contribution is -0.130. The van der Waals surface area contributed by atoms with Crippen LogP contribution >= 0.6 is 11.3 Å². The van der Waals surface area contributed by atoms with Crippen molar-refractivity contribution >= 4 is 27.3 Å². The Hall–Kier alpha value is -4.41. The van der Waals surface area contributed by atoms with Crippen molar-refractivity contribution in [3.05, 3.63) is 89.0 Å². The van der Waals surface area contributed by atoms with Gasteiger partial charge in [0.2, 0.25) is 0 Å². The molecule has 2 aliphatic rings. The number of benzene rings is 2. The van der Waals surface area contributed by atoms with E-state index >= 15 is 0 Å². The van der Waals surface area contributed by atoms with Crippen LogP contribution in [-0.2, 0) is 30.8 Å². The van der Waals surface area contributed by atoms with Gasteiger partial charge in [0.15, 0.2) is 5.83 Å². The zero-order valence-electron chi connectivity index (χ0n) is 27.0. The van der Waals surface area contributed by atoms with Gasteiger partial charge in [0.05, 0.1) is 30.6 Å². The standard InChI is InChI=1S/C37H37F2N5O2S/c1-21(2)42-12-10-24-16-25(6-7-26(24)19-42)34-30-11-15-47-36(30)33(29-9-8-27(39)17-32(29)46-22(3)4)35(40-34)31-18-28-20-43(37(45)23(5)38)13-14-44(28)41-31/h6-9,11,15-18,21-22H,5,10,12-14,19-20H2,1-4H3. The lowest BCUT2D eigenvalue weighted by Gasteiger charge is -2.32. The predicted octanol–water partition coefficient (Wildman–Crippen LogP) is 8.01. The molecule has 7 nitrogen and oxygen atoms in total. The van der Waals surface area contributed by atoms with Gasteiger partial charge in [0.1, 0.15) is 23.0 Å². The molecular formula is C37H37F2N5O2S. The molecule has 3 aromatic heterocycles. The Labute approximate surface area is 277 Å². The first-order valence-corrected chi connectivity index (χ1v) is 16.9. The molecule has 7 rings (SSSR count). The monoisotopic (exact) mass is 653 g/mol. The van der Waals surface area contributed by atoms with E-state index in [0.717, 1.165) is 57.7 Å². The highest BCUT2D eigenvalue weighted by Gasteiger charge is 2.28. The molecule has 47 heavy (non-hydrogen) atoms. The number of hydrogen-bond donors (Lipinski definition) is 0. The molecule has 0 atom stereocenters. The number of amides is 1. The number of pyridine rings is 1. The number of halogens is 2. The highest BCUT2D eigenvalue weighted by molar-refractivity contribution is 7.18. The smallest absolute Gasteiger partial charge is 0.282 e. The van der Waals surface area contributed by atoms with E-state index in [0.29, 0.717) is 36.3 Å². The molecule has 0 saturated heterocycles. The van der Waals surface area contributed by atoms with E-state index in [9.17, 15) is 13.6 Å². The van der Waals surface area contributed by atoms with Crippen LogP contribution in [0.3, 0.4) is 0 Å². The van der Waals surface area contributed by atoms with Gasteiger partial charge in [0, 0.05) is 58.5 Å². The Balaban J connectivity index is 1.42. The molecule has 242 valence electrons. The van der Waals surface area contributed by atoms with Gasteiger partial charge in [-0.25, -0.2) is 13.8 Å². The zero-order chi connectivity index (χ0) is 33.0. The molecule has 0 aliphatic carbocycles. The van der Waals surface area contributed by atoms with Gasteiger partial charge in [-0.15, -0.1) is 11.3 Å². The first-order chi connectivity index (χ1) is 22.6. The summed E-state index contributed by atoms with van der Waals surface area (Å²) in [7, 11) is 0. The summed E-state index contributed by atoms with van der Waals surface area (Å²) in [5.41, 5.74) is 8.08. The SMILES string of the molecule is C=C(F)C(=O)N1CCn2nc(-c3nc(-c4ccc5c(c4)CCN(C(C)C)C5)c4ccsc4c3-c3ccc(F)cc3OC(C)C)cc2C1. The van der Waals surface area contributed by atoms with Crippen molar-refractivity contribution in [2.45, 2.75) is 65.9 Å². The number of hydrogen-bond acceptors (Lipinski definition) is 6. The molecule has 5 aromatic rings. The molecule has 2 aliphatic heterocycles. The van der Waals surface area contributed by atoms with Crippen molar-refractivity contribution in [2.75, 3.05) is 13.1 Å². The van der Waals surface area contributed by atoms with Crippen LogP contribution in [0.4, 0.5) is 8.78 Å². The maximum absolute atomic E-state index is 14.6. The summed E-state index contributed by atoms with van der Waals surface area (Å²) in [6.07, 6.45) is 0.791. The van der Waals surface area contributed by atoms with E-state index in [2.05, 4.69) is 55.0 Å². The van der Waals surface area contributed by atoms with E-state index in [1.807, 2.05) is 24.6 Å². The Morgan fingerprint density at radius 3 is 2.57 bits per heavy atom. The van der Waals surface area contributed by atoms with E-state index < -0.39 is 11.7 Å². The molecular weight excluding hydrogens is 617 g/mol. The minimum Gasteiger partial charge on any atom is -0.490 e. The topological polar surface area (TPSA) is 63.5 Å². The van der Waals surface area contributed by atoms with Gasteiger partial charge in [0.25, 0.3) is 5.91 Å². The second kappa shape index (κ2) is 12.3. The molecule has 0 bridgehead atoms. The van der Waals surface area contributed by atoms with Crippen LogP contribution in [0.5, 0.6) is 5.75 Å². The van der Waals surface area contributed by atoms with Crippen LogP contribution in [0.2, 0.25) is 0 Å². The molecule has 2 aromatic carbocycles.